The summed E-state index contributed by atoms with van der Waals surface area (Å²) in [5.74, 6) is -0.319. The highest BCUT2D eigenvalue weighted by Crippen LogP contribution is 2.24. The van der Waals surface area contributed by atoms with E-state index in [2.05, 4.69) is 4.98 Å². The van der Waals surface area contributed by atoms with E-state index < -0.39 is 0 Å². The van der Waals surface area contributed by atoms with Crippen molar-refractivity contribution in [3.8, 4) is 5.69 Å². The van der Waals surface area contributed by atoms with E-state index in [-0.39, 0.29) is 29.1 Å². The number of halogens is 1. The molecule has 0 bridgehead atoms. The topological polar surface area (TPSA) is 55.2 Å². The summed E-state index contributed by atoms with van der Waals surface area (Å²) in [7, 11) is 1.72. The summed E-state index contributed by atoms with van der Waals surface area (Å²) >= 11 is 1.22. The fourth-order valence-electron chi connectivity index (χ4n) is 3.42. The molecule has 0 aliphatic rings. The Labute approximate surface area is 189 Å². The van der Waals surface area contributed by atoms with Crippen LogP contribution in [0.25, 0.3) is 16.6 Å². The molecular formula is C25H22FN3O2S. The van der Waals surface area contributed by atoms with Crippen LogP contribution in [0.1, 0.15) is 18.5 Å². The lowest BCUT2D eigenvalue weighted by atomic mass is 10.1. The van der Waals surface area contributed by atoms with Gasteiger partial charge >= 0.3 is 0 Å². The second kappa shape index (κ2) is 9.36. The second-order valence-corrected chi connectivity index (χ2v) is 8.35. The molecule has 0 spiro atoms. The van der Waals surface area contributed by atoms with E-state index in [0.29, 0.717) is 21.7 Å². The molecule has 7 heteroatoms. The summed E-state index contributed by atoms with van der Waals surface area (Å²) < 4.78 is 14.8. The highest BCUT2D eigenvalue weighted by atomic mass is 32.2. The third kappa shape index (κ3) is 4.43. The molecule has 0 fully saturated rings. The zero-order chi connectivity index (χ0) is 22.7. The predicted molar refractivity (Wildman–Crippen MR) is 126 cm³/mol. The number of benzene rings is 3. The quantitative estimate of drug-likeness (QED) is 0.314. The Morgan fingerprint density at radius 1 is 1.03 bits per heavy atom. The first-order valence-corrected chi connectivity index (χ1v) is 11.2. The maximum absolute atomic E-state index is 13.2. The molecule has 0 saturated carbocycles. The van der Waals surface area contributed by atoms with Crippen molar-refractivity contribution in [2.24, 2.45) is 0 Å². The van der Waals surface area contributed by atoms with Crippen LogP contribution in [0.5, 0.6) is 0 Å². The van der Waals surface area contributed by atoms with Gasteiger partial charge < -0.3 is 4.90 Å². The fourth-order valence-corrected chi connectivity index (χ4v) is 4.36. The van der Waals surface area contributed by atoms with E-state index >= 15 is 0 Å². The lowest BCUT2D eigenvalue weighted by molar-refractivity contribution is -0.128. The molecule has 0 aliphatic heterocycles. The summed E-state index contributed by atoms with van der Waals surface area (Å²) in [4.78, 5) is 32.4. The molecule has 1 aromatic heterocycles. The van der Waals surface area contributed by atoms with Gasteiger partial charge in [-0.15, -0.1) is 0 Å². The standard InChI is InChI=1S/C25H22FN3O2S/c1-17(18-12-14-19(26)15-13-18)28(2)23(30)16-32-25-27-22-11-7-6-10-21(22)24(31)29(25)20-8-4-3-5-9-20/h3-15,17H,16H2,1-2H3. The third-order valence-electron chi connectivity index (χ3n) is 5.41. The smallest absolute Gasteiger partial charge is 0.266 e. The van der Waals surface area contributed by atoms with E-state index in [0.717, 1.165) is 5.56 Å². The van der Waals surface area contributed by atoms with Crippen molar-refractivity contribution >= 4 is 28.6 Å². The number of hydrogen-bond donors (Lipinski definition) is 0. The molecule has 4 aromatic rings. The summed E-state index contributed by atoms with van der Waals surface area (Å²) in [6.07, 6.45) is 0. The van der Waals surface area contributed by atoms with Crippen molar-refractivity contribution in [2.45, 2.75) is 18.1 Å². The number of hydrogen-bond acceptors (Lipinski definition) is 4. The molecule has 1 amide bonds. The summed E-state index contributed by atoms with van der Waals surface area (Å²) in [5.41, 5.74) is 1.95. The summed E-state index contributed by atoms with van der Waals surface area (Å²) in [5, 5.41) is 0.977. The molecule has 0 N–H and O–H groups in total. The predicted octanol–water partition coefficient (Wildman–Crippen LogP) is 4.84. The number of thioether (sulfide) groups is 1. The van der Waals surface area contributed by atoms with Crippen LogP contribution in [-0.4, -0.2) is 33.2 Å². The molecule has 5 nitrogen and oxygen atoms in total. The molecule has 162 valence electrons. The summed E-state index contributed by atoms with van der Waals surface area (Å²) in [6, 6.07) is 22.4. The third-order valence-corrected chi connectivity index (χ3v) is 6.33. The first-order valence-electron chi connectivity index (χ1n) is 10.2. The van der Waals surface area contributed by atoms with Gasteiger partial charge in [0.2, 0.25) is 5.91 Å². The number of fused-ring (bicyclic) bond motifs is 1. The molecule has 1 unspecified atom stereocenters. The van der Waals surface area contributed by atoms with E-state index in [4.69, 9.17) is 0 Å². The normalized spacial score (nSPS) is 12.0. The lowest BCUT2D eigenvalue weighted by Gasteiger charge is -2.25. The Kier molecular flexibility index (Phi) is 6.37. The van der Waals surface area contributed by atoms with Crippen LogP contribution in [0.15, 0.2) is 88.8 Å². The zero-order valence-electron chi connectivity index (χ0n) is 17.7. The zero-order valence-corrected chi connectivity index (χ0v) is 18.6. The van der Waals surface area contributed by atoms with Crippen LogP contribution >= 0.6 is 11.8 Å². The van der Waals surface area contributed by atoms with Crippen LogP contribution in [0.4, 0.5) is 4.39 Å². The van der Waals surface area contributed by atoms with Crippen LogP contribution < -0.4 is 5.56 Å². The highest BCUT2D eigenvalue weighted by Gasteiger charge is 2.20. The maximum Gasteiger partial charge on any atom is 0.266 e. The number of para-hydroxylation sites is 2. The van der Waals surface area contributed by atoms with Crippen LogP contribution in [0, 0.1) is 5.82 Å². The molecule has 32 heavy (non-hydrogen) atoms. The van der Waals surface area contributed by atoms with E-state index in [1.54, 1.807) is 40.8 Å². The van der Waals surface area contributed by atoms with Gasteiger partial charge in [-0.3, -0.25) is 14.2 Å². The van der Waals surface area contributed by atoms with Gasteiger partial charge in [0, 0.05) is 7.05 Å². The average molecular weight is 448 g/mol. The van der Waals surface area contributed by atoms with Crippen molar-refractivity contribution in [3.63, 3.8) is 0 Å². The van der Waals surface area contributed by atoms with Crippen molar-refractivity contribution in [1.29, 1.82) is 0 Å². The van der Waals surface area contributed by atoms with Gasteiger partial charge in [0.25, 0.3) is 5.56 Å². The highest BCUT2D eigenvalue weighted by molar-refractivity contribution is 7.99. The maximum atomic E-state index is 13.2. The molecular weight excluding hydrogens is 425 g/mol. The van der Waals surface area contributed by atoms with Crippen molar-refractivity contribution in [1.82, 2.24) is 14.5 Å². The SMILES string of the molecule is CC(c1ccc(F)cc1)N(C)C(=O)CSc1nc2ccccc2c(=O)n1-c1ccccc1. The van der Waals surface area contributed by atoms with Gasteiger partial charge in [0.05, 0.1) is 28.4 Å². The van der Waals surface area contributed by atoms with Gasteiger partial charge in [-0.05, 0) is 48.9 Å². The molecule has 1 heterocycles. The number of nitrogens with zero attached hydrogens (tertiary/aromatic N) is 3. The van der Waals surface area contributed by atoms with Gasteiger partial charge in [-0.25, -0.2) is 9.37 Å². The monoisotopic (exact) mass is 447 g/mol. The Morgan fingerprint density at radius 2 is 1.69 bits per heavy atom. The largest absolute Gasteiger partial charge is 0.338 e. The first kappa shape index (κ1) is 21.8. The number of carbonyl (C=O) groups excluding carboxylic acids is 1. The Morgan fingerprint density at radius 3 is 2.41 bits per heavy atom. The van der Waals surface area contributed by atoms with E-state index in [1.807, 2.05) is 49.4 Å². The molecule has 0 saturated heterocycles. The molecule has 0 radical (unpaired) electrons. The number of aromatic nitrogens is 2. The number of rotatable bonds is 6. The Hall–Kier alpha value is -3.45. The summed E-state index contributed by atoms with van der Waals surface area (Å²) in [6.45, 7) is 1.89. The fraction of sp³-hybridized carbons (Fsp3) is 0.160. The van der Waals surface area contributed by atoms with Crippen LogP contribution in [0.2, 0.25) is 0 Å². The molecule has 0 aliphatic carbocycles. The lowest BCUT2D eigenvalue weighted by Crippen LogP contribution is -2.31. The van der Waals surface area contributed by atoms with Gasteiger partial charge in [-0.1, -0.05) is 54.2 Å². The van der Waals surface area contributed by atoms with Gasteiger partial charge in [0.1, 0.15) is 5.82 Å². The van der Waals surface area contributed by atoms with E-state index in [9.17, 15) is 14.0 Å². The van der Waals surface area contributed by atoms with Crippen molar-refractivity contribution < 1.29 is 9.18 Å². The number of carbonyl (C=O) groups is 1. The first-order chi connectivity index (χ1) is 15.5. The van der Waals surface area contributed by atoms with Crippen LogP contribution in [-0.2, 0) is 4.79 Å². The minimum atomic E-state index is -0.313. The minimum absolute atomic E-state index is 0.111. The molecule has 4 rings (SSSR count). The molecule has 3 aromatic carbocycles. The Balaban J connectivity index is 1.62. The van der Waals surface area contributed by atoms with Crippen molar-refractivity contribution in [2.75, 3.05) is 12.8 Å². The molecule has 1 atom stereocenters. The van der Waals surface area contributed by atoms with Gasteiger partial charge in [-0.2, -0.15) is 0 Å². The van der Waals surface area contributed by atoms with Crippen molar-refractivity contribution in [3.05, 3.63) is 101 Å². The average Bonchev–Trinajstić information content (AvgIpc) is 2.82. The number of amides is 1. The Bertz CT molecular complexity index is 1310. The minimum Gasteiger partial charge on any atom is -0.338 e. The van der Waals surface area contributed by atoms with Gasteiger partial charge in [0.15, 0.2) is 5.16 Å². The second-order valence-electron chi connectivity index (χ2n) is 7.41. The van der Waals surface area contributed by atoms with Crippen LogP contribution in [0.3, 0.4) is 0 Å². The van der Waals surface area contributed by atoms with E-state index in [1.165, 1.54) is 23.9 Å².